The van der Waals surface area contributed by atoms with Gasteiger partial charge in [-0.05, 0) is 36.6 Å². The van der Waals surface area contributed by atoms with E-state index in [-0.39, 0.29) is 18.6 Å². The molecule has 1 rings (SSSR count). The van der Waals surface area contributed by atoms with Crippen molar-refractivity contribution in [1.82, 2.24) is 0 Å². The molecule has 0 aliphatic carbocycles. The van der Waals surface area contributed by atoms with Crippen molar-refractivity contribution < 1.29 is 25.2 Å². The highest BCUT2D eigenvalue weighted by Crippen LogP contribution is 2.23. The first-order valence-electron chi connectivity index (χ1n) is 5.28. The van der Waals surface area contributed by atoms with Gasteiger partial charge in [0.05, 0.1) is 11.7 Å². The lowest BCUT2D eigenvalue weighted by Gasteiger charge is -2.19. The first-order chi connectivity index (χ1) is 7.97. The lowest BCUT2D eigenvalue weighted by molar-refractivity contribution is 0.00382. The molecular weight excluding hydrogens is 224 g/mol. The van der Waals surface area contributed by atoms with Gasteiger partial charge in [0.15, 0.2) is 0 Å². The smallest absolute Gasteiger partial charge is 0.335 e. The monoisotopic (exact) mass is 240 g/mol. The zero-order valence-corrected chi connectivity index (χ0v) is 9.50. The van der Waals surface area contributed by atoms with Crippen LogP contribution in [0, 0.1) is 6.92 Å². The van der Waals surface area contributed by atoms with Crippen molar-refractivity contribution in [3.05, 3.63) is 34.9 Å². The fraction of sp³-hybridized carbons (Fsp3) is 0.417. The zero-order chi connectivity index (χ0) is 13.0. The Labute approximate surface area is 99.0 Å². The summed E-state index contributed by atoms with van der Waals surface area (Å²) in [6.07, 6.45) is -2.26. The Hall–Kier alpha value is -1.43. The van der Waals surface area contributed by atoms with Crippen molar-refractivity contribution in [2.24, 2.45) is 0 Å². The number of benzene rings is 1. The Morgan fingerprint density at radius 1 is 1.35 bits per heavy atom. The molecular formula is C12H16O5. The molecule has 2 unspecified atom stereocenters. The second-order valence-electron chi connectivity index (χ2n) is 3.90. The normalized spacial score (nSPS) is 14.4. The number of hydrogen-bond donors (Lipinski definition) is 4. The molecule has 0 radical (unpaired) electrons. The summed E-state index contributed by atoms with van der Waals surface area (Å²) in [4.78, 5) is 10.8. The number of aryl methyl sites for hydroxylation is 1. The average molecular weight is 240 g/mol. The lowest BCUT2D eigenvalue weighted by Crippen LogP contribution is -2.20. The summed E-state index contributed by atoms with van der Waals surface area (Å²) in [6, 6.07) is 4.35. The molecule has 17 heavy (non-hydrogen) atoms. The Morgan fingerprint density at radius 3 is 2.53 bits per heavy atom. The molecule has 0 amide bonds. The van der Waals surface area contributed by atoms with Crippen LogP contribution in [0.5, 0.6) is 0 Å². The van der Waals surface area contributed by atoms with Crippen LogP contribution in [0.2, 0.25) is 0 Å². The van der Waals surface area contributed by atoms with Gasteiger partial charge in [0.1, 0.15) is 6.10 Å². The Kier molecular flexibility index (Phi) is 4.62. The molecule has 0 spiro atoms. The van der Waals surface area contributed by atoms with Crippen LogP contribution in [0.25, 0.3) is 0 Å². The topological polar surface area (TPSA) is 98.0 Å². The highest BCUT2D eigenvalue weighted by molar-refractivity contribution is 5.87. The average Bonchev–Trinajstić information content (AvgIpc) is 2.28. The van der Waals surface area contributed by atoms with Gasteiger partial charge < -0.3 is 20.4 Å². The van der Waals surface area contributed by atoms with Gasteiger partial charge in [-0.2, -0.15) is 0 Å². The van der Waals surface area contributed by atoms with Gasteiger partial charge in [-0.3, -0.25) is 0 Å². The van der Waals surface area contributed by atoms with Crippen LogP contribution < -0.4 is 0 Å². The summed E-state index contributed by atoms with van der Waals surface area (Å²) >= 11 is 0. The third-order valence-corrected chi connectivity index (χ3v) is 2.63. The van der Waals surface area contributed by atoms with Crippen molar-refractivity contribution >= 4 is 5.97 Å². The number of carboxylic acids is 1. The van der Waals surface area contributed by atoms with E-state index < -0.39 is 18.2 Å². The van der Waals surface area contributed by atoms with Crippen LogP contribution in [0.4, 0.5) is 0 Å². The molecule has 0 heterocycles. The number of carboxylic acid groups (broad SMARTS) is 1. The largest absolute Gasteiger partial charge is 0.478 e. The van der Waals surface area contributed by atoms with Crippen molar-refractivity contribution in [2.45, 2.75) is 25.6 Å². The van der Waals surface area contributed by atoms with Crippen LogP contribution in [0.3, 0.4) is 0 Å². The van der Waals surface area contributed by atoms with Gasteiger partial charge in [0.2, 0.25) is 0 Å². The van der Waals surface area contributed by atoms with E-state index >= 15 is 0 Å². The van der Waals surface area contributed by atoms with Gasteiger partial charge in [0, 0.05) is 6.61 Å². The molecule has 2 atom stereocenters. The van der Waals surface area contributed by atoms with Crippen molar-refractivity contribution in [3.63, 3.8) is 0 Å². The number of aliphatic hydroxyl groups excluding tert-OH is 3. The zero-order valence-electron chi connectivity index (χ0n) is 9.50. The third-order valence-electron chi connectivity index (χ3n) is 2.63. The summed E-state index contributed by atoms with van der Waals surface area (Å²) in [5.74, 6) is -1.09. The molecule has 5 heteroatoms. The standard InChI is InChI=1S/C12H16O5/c1-7-2-3-8(12(16)17)6-9(7)11(15)10(14)4-5-13/h2-3,6,10-11,13-15H,4-5H2,1H3,(H,16,17). The van der Waals surface area contributed by atoms with E-state index in [0.29, 0.717) is 11.1 Å². The van der Waals surface area contributed by atoms with E-state index in [4.69, 9.17) is 10.2 Å². The number of carbonyl (C=O) groups is 1. The van der Waals surface area contributed by atoms with E-state index in [1.807, 2.05) is 0 Å². The summed E-state index contributed by atoms with van der Waals surface area (Å²) in [7, 11) is 0. The SMILES string of the molecule is Cc1ccc(C(=O)O)cc1C(O)C(O)CCO. The molecule has 0 aliphatic heterocycles. The molecule has 1 aromatic rings. The van der Waals surface area contributed by atoms with Crippen LogP contribution in [-0.2, 0) is 0 Å². The maximum absolute atomic E-state index is 10.8. The summed E-state index contributed by atoms with van der Waals surface area (Å²) in [5.41, 5.74) is 1.12. The highest BCUT2D eigenvalue weighted by Gasteiger charge is 2.20. The van der Waals surface area contributed by atoms with Crippen LogP contribution in [0.1, 0.15) is 34.0 Å². The maximum atomic E-state index is 10.8. The second kappa shape index (κ2) is 5.77. The minimum absolute atomic E-state index is 0.0396. The van der Waals surface area contributed by atoms with E-state index in [2.05, 4.69) is 0 Å². The molecule has 0 aromatic heterocycles. The summed E-state index contributed by atoms with van der Waals surface area (Å²) in [6.45, 7) is 1.48. The second-order valence-corrected chi connectivity index (χ2v) is 3.90. The minimum atomic E-state index is -1.19. The Morgan fingerprint density at radius 2 is 2.00 bits per heavy atom. The van der Waals surface area contributed by atoms with Gasteiger partial charge in [-0.15, -0.1) is 0 Å². The van der Waals surface area contributed by atoms with E-state index in [9.17, 15) is 15.0 Å². The molecule has 0 fully saturated rings. The fourth-order valence-electron chi connectivity index (χ4n) is 1.59. The molecule has 0 aliphatic rings. The first-order valence-corrected chi connectivity index (χ1v) is 5.28. The van der Waals surface area contributed by atoms with E-state index in [1.165, 1.54) is 12.1 Å². The van der Waals surface area contributed by atoms with Crippen LogP contribution in [0.15, 0.2) is 18.2 Å². The van der Waals surface area contributed by atoms with Crippen molar-refractivity contribution in [2.75, 3.05) is 6.61 Å². The molecule has 5 nitrogen and oxygen atoms in total. The molecule has 94 valence electrons. The van der Waals surface area contributed by atoms with Crippen molar-refractivity contribution in [1.29, 1.82) is 0 Å². The summed E-state index contributed by atoms with van der Waals surface area (Å²) in [5, 5.41) is 36.9. The van der Waals surface area contributed by atoms with Crippen LogP contribution >= 0.6 is 0 Å². The predicted octanol–water partition coefficient (Wildman–Crippen LogP) is 0.470. The fourth-order valence-corrected chi connectivity index (χ4v) is 1.59. The predicted molar refractivity (Wildman–Crippen MR) is 60.8 cm³/mol. The van der Waals surface area contributed by atoms with Crippen LogP contribution in [-0.4, -0.2) is 39.1 Å². The Bertz CT molecular complexity index is 402. The number of hydrogen-bond acceptors (Lipinski definition) is 4. The number of rotatable bonds is 5. The summed E-state index contributed by atoms with van der Waals surface area (Å²) < 4.78 is 0. The van der Waals surface area contributed by atoms with Gasteiger partial charge >= 0.3 is 5.97 Å². The first kappa shape index (κ1) is 13.6. The highest BCUT2D eigenvalue weighted by atomic mass is 16.4. The number of aliphatic hydroxyl groups is 3. The maximum Gasteiger partial charge on any atom is 0.335 e. The van der Waals surface area contributed by atoms with E-state index in [0.717, 1.165) is 0 Å². The molecule has 0 bridgehead atoms. The third kappa shape index (κ3) is 3.26. The molecule has 4 N–H and O–H groups in total. The van der Waals surface area contributed by atoms with Gasteiger partial charge in [-0.25, -0.2) is 4.79 Å². The molecule has 0 saturated heterocycles. The minimum Gasteiger partial charge on any atom is -0.478 e. The molecule has 0 saturated carbocycles. The number of aromatic carboxylic acids is 1. The van der Waals surface area contributed by atoms with Crippen molar-refractivity contribution in [3.8, 4) is 0 Å². The van der Waals surface area contributed by atoms with Gasteiger partial charge in [0.25, 0.3) is 0 Å². The van der Waals surface area contributed by atoms with Gasteiger partial charge in [-0.1, -0.05) is 6.07 Å². The Balaban J connectivity index is 3.03. The molecule has 1 aromatic carbocycles. The van der Waals surface area contributed by atoms with E-state index in [1.54, 1.807) is 13.0 Å². The quantitative estimate of drug-likeness (QED) is 0.599. The lowest BCUT2D eigenvalue weighted by atomic mass is 9.96.